The molecule has 3 rings (SSSR count). The molecule has 0 aliphatic rings. The maximum atomic E-state index is 13.6. The quantitative estimate of drug-likeness (QED) is 0.620. The smallest absolute Gasteiger partial charge is 0.319 e. The topological polar surface area (TPSA) is 110 Å². The van der Waals surface area contributed by atoms with Gasteiger partial charge in [0.1, 0.15) is 17.2 Å². The van der Waals surface area contributed by atoms with Crippen molar-refractivity contribution in [3.8, 4) is 0 Å². The molecular formula is C20H21FN4O3. The predicted molar refractivity (Wildman–Crippen MR) is 103 cm³/mol. The van der Waals surface area contributed by atoms with Crippen LogP contribution in [0.2, 0.25) is 0 Å². The molecule has 0 saturated carbocycles. The van der Waals surface area contributed by atoms with Gasteiger partial charge in [0.2, 0.25) is 5.91 Å². The van der Waals surface area contributed by atoms with Crippen molar-refractivity contribution in [3.63, 3.8) is 0 Å². The van der Waals surface area contributed by atoms with Gasteiger partial charge < -0.3 is 20.8 Å². The Labute approximate surface area is 161 Å². The van der Waals surface area contributed by atoms with Crippen molar-refractivity contribution in [2.24, 2.45) is 11.7 Å². The first-order valence-corrected chi connectivity index (χ1v) is 8.77. The zero-order chi connectivity index (χ0) is 20.4. The Bertz CT molecular complexity index is 1050. The Kier molecular flexibility index (Phi) is 5.30. The number of carbonyl (C=O) groups excluding carboxylic acids is 2. The first-order valence-electron chi connectivity index (χ1n) is 8.77. The highest BCUT2D eigenvalue weighted by Gasteiger charge is 2.25. The molecule has 1 atom stereocenters. The molecule has 0 aliphatic carbocycles. The molecule has 3 amide bonds. The summed E-state index contributed by atoms with van der Waals surface area (Å²) >= 11 is 0. The van der Waals surface area contributed by atoms with E-state index in [0.717, 1.165) is 5.56 Å². The Morgan fingerprint density at radius 3 is 2.64 bits per heavy atom. The number of hydrogen-bond donors (Lipinski definition) is 3. The van der Waals surface area contributed by atoms with Gasteiger partial charge in [-0.25, -0.2) is 9.18 Å². The van der Waals surface area contributed by atoms with E-state index < -0.39 is 18.0 Å². The van der Waals surface area contributed by atoms with Gasteiger partial charge in [-0.2, -0.15) is 0 Å². The van der Waals surface area contributed by atoms with Crippen molar-refractivity contribution in [3.05, 3.63) is 59.4 Å². The molecule has 0 radical (unpaired) electrons. The molecule has 0 saturated heterocycles. The minimum atomic E-state index is -0.637. The number of rotatable bonds is 5. The Hall–Kier alpha value is -3.42. The second-order valence-electron chi connectivity index (χ2n) is 6.88. The summed E-state index contributed by atoms with van der Waals surface area (Å²) in [6, 6.07) is 4.82. The molecule has 2 heterocycles. The van der Waals surface area contributed by atoms with Crippen LogP contribution in [0.4, 0.5) is 14.9 Å². The third-order valence-electron chi connectivity index (χ3n) is 4.45. The normalized spacial score (nSPS) is 12.2. The number of amides is 3. The number of halogens is 1. The fourth-order valence-corrected chi connectivity index (χ4v) is 3.00. The van der Waals surface area contributed by atoms with Gasteiger partial charge >= 0.3 is 6.03 Å². The largest absolute Gasteiger partial charge is 0.459 e. The number of pyridine rings is 1. The van der Waals surface area contributed by atoms with Crippen LogP contribution >= 0.6 is 0 Å². The van der Waals surface area contributed by atoms with Crippen LogP contribution in [0.5, 0.6) is 0 Å². The number of fused-ring (bicyclic) bond motifs is 1. The van der Waals surface area contributed by atoms with E-state index in [-0.39, 0.29) is 17.3 Å². The molecule has 8 heteroatoms. The number of furan rings is 1. The molecule has 0 spiro atoms. The zero-order valence-electron chi connectivity index (χ0n) is 15.7. The molecule has 3 aromatic rings. The van der Waals surface area contributed by atoms with Crippen molar-refractivity contribution in [1.29, 1.82) is 0 Å². The lowest BCUT2D eigenvalue weighted by molar-refractivity contribution is 0.1000. The minimum absolute atomic E-state index is 0.00457. The first-order chi connectivity index (χ1) is 13.3. The number of nitrogens with one attached hydrogen (secondary N) is 2. The van der Waals surface area contributed by atoms with Crippen LogP contribution < -0.4 is 16.4 Å². The Balaban J connectivity index is 1.84. The summed E-state index contributed by atoms with van der Waals surface area (Å²) in [5, 5.41) is 6.17. The van der Waals surface area contributed by atoms with Crippen LogP contribution in [0.3, 0.4) is 0 Å². The summed E-state index contributed by atoms with van der Waals surface area (Å²) in [7, 11) is 0. The van der Waals surface area contributed by atoms with E-state index >= 15 is 0 Å². The molecule has 4 N–H and O–H groups in total. The molecule has 0 bridgehead atoms. The SMILES string of the molecule is Cc1c([C@@H](NC(=O)Nc2cncc(C(N)=O)c2)C(C)C)oc2ccc(F)cc12. The summed E-state index contributed by atoms with van der Waals surface area (Å²) < 4.78 is 19.5. The van der Waals surface area contributed by atoms with E-state index in [1.807, 2.05) is 20.8 Å². The number of urea groups is 1. The highest BCUT2D eigenvalue weighted by atomic mass is 19.1. The number of nitrogens with two attached hydrogens (primary N) is 1. The van der Waals surface area contributed by atoms with Crippen molar-refractivity contribution >= 4 is 28.6 Å². The predicted octanol–water partition coefficient (Wildman–Crippen LogP) is 3.89. The van der Waals surface area contributed by atoms with Crippen molar-refractivity contribution in [1.82, 2.24) is 10.3 Å². The van der Waals surface area contributed by atoms with E-state index in [0.29, 0.717) is 22.4 Å². The van der Waals surface area contributed by atoms with Crippen LogP contribution in [0, 0.1) is 18.7 Å². The van der Waals surface area contributed by atoms with E-state index in [1.54, 1.807) is 6.07 Å². The summed E-state index contributed by atoms with van der Waals surface area (Å²) in [6.07, 6.45) is 2.73. The van der Waals surface area contributed by atoms with Crippen molar-refractivity contribution in [2.75, 3.05) is 5.32 Å². The maximum Gasteiger partial charge on any atom is 0.319 e. The van der Waals surface area contributed by atoms with Crippen LogP contribution in [-0.4, -0.2) is 16.9 Å². The molecule has 0 unspecified atom stereocenters. The molecular weight excluding hydrogens is 363 g/mol. The summed E-state index contributed by atoms with van der Waals surface area (Å²) in [5.41, 5.74) is 7.07. The monoisotopic (exact) mass is 384 g/mol. The van der Waals surface area contributed by atoms with Crippen LogP contribution in [0.15, 0.2) is 41.1 Å². The van der Waals surface area contributed by atoms with Crippen molar-refractivity contribution < 1.29 is 18.4 Å². The highest BCUT2D eigenvalue weighted by Crippen LogP contribution is 2.33. The lowest BCUT2D eigenvalue weighted by Gasteiger charge is -2.21. The van der Waals surface area contributed by atoms with Gasteiger partial charge in [-0.05, 0) is 37.1 Å². The van der Waals surface area contributed by atoms with Crippen LogP contribution in [0.25, 0.3) is 11.0 Å². The van der Waals surface area contributed by atoms with E-state index in [2.05, 4.69) is 15.6 Å². The third-order valence-corrected chi connectivity index (χ3v) is 4.45. The van der Waals surface area contributed by atoms with Crippen LogP contribution in [0.1, 0.15) is 41.6 Å². The number of carbonyl (C=O) groups is 2. The van der Waals surface area contributed by atoms with Gasteiger partial charge in [0.25, 0.3) is 0 Å². The van der Waals surface area contributed by atoms with Crippen molar-refractivity contribution in [2.45, 2.75) is 26.8 Å². The van der Waals surface area contributed by atoms with Gasteiger partial charge in [0.05, 0.1) is 23.5 Å². The Morgan fingerprint density at radius 1 is 1.21 bits per heavy atom. The lowest BCUT2D eigenvalue weighted by Crippen LogP contribution is -2.35. The second-order valence-corrected chi connectivity index (χ2v) is 6.88. The molecule has 1 aromatic carbocycles. The molecule has 7 nitrogen and oxygen atoms in total. The third kappa shape index (κ3) is 3.95. The number of hydrogen-bond acceptors (Lipinski definition) is 4. The number of benzene rings is 1. The van der Waals surface area contributed by atoms with Gasteiger partial charge in [0.15, 0.2) is 0 Å². The second kappa shape index (κ2) is 7.67. The summed E-state index contributed by atoms with van der Waals surface area (Å²) in [4.78, 5) is 27.6. The first kappa shape index (κ1) is 19.3. The van der Waals surface area contributed by atoms with E-state index in [1.165, 1.54) is 30.6 Å². The number of anilines is 1. The molecule has 2 aromatic heterocycles. The maximum absolute atomic E-state index is 13.6. The lowest BCUT2D eigenvalue weighted by atomic mass is 9.98. The number of primary amides is 1. The molecule has 146 valence electrons. The average Bonchev–Trinajstić information content (AvgIpc) is 2.95. The standard InChI is InChI=1S/C20H21FN4O3/c1-10(2)17(18-11(3)15-7-13(21)4-5-16(15)28-18)25-20(27)24-14-6-12(19(22)26)8-23-9-14/h4-10,17H,1-3H3,(H2,22,26)(H2,24,25,27)/t17-/m0/s1. The van der Waals surface area contributed by atoms with E-state index in [9.17, 15) is 14.0 Å². The van der Waals surface area contributed by atoms with Gasteiger partial charge in [-0.1, -0.05) is 13.8 Å². The molecule has 28 heavy (non-hydrogen) atoms. The van der Waals surface area contributed by atoms with Gasteiger partial charge in [0, 0.05) is 17.1 Å². The zero-order valence-corrected chi connectivity index (χ0v) is 15.7. The summed E-state index contributed by atoms with van der Waals surface area (Å²) in [5.74, 6) is -0.418. The van der Waals surface area contributed by atoms with E-state index in [4.69, 9.17) is 10.2 Å². The highest BCUT2D eigenvalue weighted by molar-refractivity contribution is 5.95. The number of aryl methyl sites for hydroxylation is 1. The van der Waals surface area contributed by atoms with Crippen LogP contribution in [-0.2, 0) is 0 Å². The summed E-state index contributed by atoms with van der Waals surface area (Å²) in [6.45, 7) is 5.71. The fourth-order valence-electron chi connectivity index (χ4n) is 3.00. The average molecular weight is 384 g/mol. The number of aromatic nitrogens is 1. The minimum Gasteiger partial charge on any atom is -0.459 e. The fraction of sp³-hybridized carbons (Fsp3) is 0.250. The van der Waals surface area contributed by atoms with Gasteiger partial charge in [-0.3, -0.25) is 9.78 Å². The Morgan fingerprint density at radius 2 is 1.96 bits per heavy atom. The number of nitrogens with zero attached hydrogens (tertiary/aromatic N) is 1. The van der Waals surface area contributed by atoms with Gasteiger partial charge in [-0.15, -0.1) is 0 Å². The molecule has 0 aliphatic heterocycles. The molecule has 0 fully saturated rings.